The maximum atomic E-state index is 12.6. The lowest BCUT2D eigenvalue weighted by Gasteiger charge is -2.30. The number of carbonyl (C=O) groups is 1. The topological polar surface area (TPSA) is 57.1 Å². The van der Waals surface area contributed by atoms with Crippen LogP contribution in [0.1, 0.15) is 30.6 Å². The molecule has 1 unspecified atom stereocenters. The van der Waals surface area contributed by atoms with E-state index in [4.69, 9.17) is 16.6 Å². The van der Waals surface area contributed by atoms with Crippen molar-refractivity contribution in [1.29, 1.82) is 0 Å². The fourth-order valence-electron chi connectivity index (χ4n) is 3.98. The van der Waals surface area contributed by atoms with Gasteiger partial charge >= 0.3 is 0 Å². The lowest BCUT2D eigenvalue weighted by molar-refractivity contribution is 0.0939. The fourth-order valence-corrected chi connectivity index (χ4v) is 4.74. The van der Waals surface area contributed by atoms with Crippen LogP contribution >= 0.6 is 23.4 Å². The molecule has 1 atom stereocenters. The summed E-state index contributed by atoms with van der Waals surface area (Å²) in [5.74, 6) is 0.550. The van der Waals surface area contributed by atoms with Crippen LogP contribution in [0.25, 0.3) is 0 Å². The Morgan fingerprint density at radius 2 is 1.93 bits per heavy atom. The molecule has 3 heterocycles. The van der Waals surface area contributed by atoms with Crippen LogP contribution in [0.3, 0.4) is 0 Å². The predicted molar refractivity (Wildman–Crippen MR) is 160 cm³/mol. The molecule has 5 rings (SSSR count). The molecule has 5 nitrogen and oxygen atoms in total. The zero-order chi connectivity index (χ0) is 29.1. The SMILES string of the molecule is C=C(S/C=C\C)C1=NCC(C2=CC=N2)=C2CC(NC(=O)c3ccccc3)CN12.CC(F)F.Fc1cccc(Cl)c1. The minimum Gasteiger partial charge on any atom is -0.347 e. The molecule has 10 heteroatoms. The first-order valence-corrected chi connectivity index (χ1v) is 13.8. The zero-order valence-electron chi connectivity index (χ0n) is 22.2. The third-order valence-electron chi connectivity index (χ3n) is 5.67. The van der Waals surface area contributed by atoms with E-state index in [1.807, 2.05) is 54.8 Å². The maximum absolute atomic E-state index is 12.6. The quantitative estimate of drug-likeness (QED) is 0.378. The minimum atomic E-state index is -2.17. The highest BCUT2D eigenvalue weighted by Gasteiger charge is 2.36. The Labute approximate surface area is 241 Å². The van der Waals surface area contributed by atoms with Crippen molar-refractivity contribution in [3.05, 3.63) is 117 Å². The number of carbonyl (C=O) groups excluding carboxylic acids is 1. The number of allylic oxidation sites excluding steroid dienone is 2. The van der Waals surface area contributed by atoms with Crippen LogP contribution in [0.4, 0.5) is 13.2 Å². The smallest absolute Gasteiger partial charge is 0.251 e. The van der Waals surface area contributed by atoms with E-state index in [0.717, 1.165) is 35.4 Å². The van der Waals surface area contributed by atoms with Crippen molar-refractivity contribution in [2.75, 3.05) is 13.1 Å². The summed E-state index contributed by atoms with van der Waals surface area (Å²) < 4.78 is 32.7. The van der Waals surface area contributed by atoms with Gasteiger partial charge in [0, 0.05) is 45.9 Å². The van der Waals surface area contributed by atoms with Crippen LogP contribution in [0, 0.1) is 5.82 Å². The van der Waals surface area contributed by atoms with Gasteiger partial charge in [-0.05, 0) is 55.7 Å². The van der Waals surface area contributed by atoms with Crippen molar-refractivity contribution in [1.82, 2.24) is 10.2 Å². The van der Waals surface area contributed by atoms with E-state index in [1.54, 1.807) is 30.1 Å². The van der Waals surface area contributed by atoms with Gasteiger partial charge in [-0.3, -0.25) is 14.8 Å². The third-order valence-corrected chi connectivity index (χ3v) is 6.78. The molecule has 3 aliphatic heterocycles. The number of hydrogen-bond acceptors (Lipinski definition) is 5. The number of amides is 1. The molecule has 0 aliphatic carbocycles. The highest BCUT2D eigenvalue weighted by Crippen LogP contribution is 2.36. The summed E-state index contributed by atoms with van der Waals surface area (Å²) in [6.45, 7) is 8.30. The Kier molecular flexibility index (Phi) is 11.8. The monoisotopic (exact) mass is 586 g/mol. The lowest BCUT2D eigenvalue weighted by atomic mass is 10.0. The summed E-state index contributed by atoms with van der Waals surface area (Å²) in [7, 11) is 0. The second-order valence-corrected chi connectivity index (χ2v) is 10.2. The lowest BCUT2D eigenvalue weighted by Crippen LogP contribution is -2.39. The highest BCUT2D eigenvalue weighted by molar-refractivity contribution is 8.06. The molecule has 1 N–H and O–H groups in total. The minimum absolute atomic E-state index is 0.0187. The van der Waals surface area contributed by atoms with Crippen molar-refractivity contribution in [3.8, 4) is 0 Å². The van der Waals surface area contributed by atoms with Crippen molar-refractivity contribution < 1.29 is 18.0 Å². The first kappa shape index (κ1) is 31.0. The summed E-state index contributed by atoms with van der Waals surface area (Å²) in [4.78, 5) is 24.9. The molecule has 3 aliphatic rings. The average Bonchev–Trinajstić information content (AvgIpc) is 3.30. The van der Waals surface area contributed by atoms with Crippen molar-refractivity contribution >= 4 is 41.3 Å². The average molecular weight is 587 g/mol. The Bertz CT molecular complexity index is 1340. The Morgan fingerprint density at radius 3 is 2.48 bits per heavy atom. The number of nitrogens with zero attached hydrogens (tertiary/aromatic N) is 3. The molecule has 0 aromatic heterocycles. The number of amidine groups is 1. The molecule has 0 saturated carbocycles. The largest absolute Gasteiger partial charge is 0.347 e. The van der Waals surface area contributed by atoms with Gasteiger partial charge in [0.15, 0.2) is 0 Å². The summed E-state index contributed by atoms with van der Waals surface area (Å²) in [6.07, 6.45) is 4.40. The molecule has 0 radical (unpaired) electrons. The number of halogens is 4. The number of alkyl halides is 2. The number of rotatable bonds is 6. The first-order chi connectivity index (χ1) is 19.2. The number of fused-ring (bicyclic) bond motifs is 1. The van der Waals surface area contributed by atoms with Gasteiger partial charge in [-0.1, -0.05) is 60.3 Å². The molecule has 1 saturated heterocycles. The zero-order valence-corrected chi connectivity index (χ0v) is 23.7. The van der Waals surface area contributed by atoms with Crippen molar-refractivity contribution in [2.24, 2.45) is 9.98 Å². The summed E-state index contributed by atoms with van der Waals surface area (Å²) in [5, 5.41) is 5.61. The van der Waals surface area contributed by atoms with Crippen LogP contribution in [-0.4, -0.2) is 48.4 Å². The van der Waals surface area contributed by atoms with Crippen molar-refractivity contribution in [2.45, 2.75) is 32.7 Å². The second kappa shape index (κ2) is 15.3. The molecule has 0 bridgehead atoms. The first-order valence-electron chi connectivity index (χ1n) is 12.5. The Balaban J connectivity index is 0.000000306. The van der Waals surface area contributed by atoms with Crippen LogP contribution < -0.4 is 5.32 Å². The van der Waals surface area contributed by atoms with Crippen LogP contribution in [-0.2, 0) is 0 Å². The van der Waals surface area contributed by atoms with Gasteiger partial charge in [0.05, 0.1) is 18.3 Å². The van der Waals surface area contributed by atoms with E-state index in [0.29, 0.717) is 23.7 Å². The molecule has 210 valence electrons. The van der Waals surface area contributed by atoms with Gasteiger partial charge in [0.2, 0.25) is 6.43 Å². The van der Waals surface area contributed by atoms with Gasteiger partial charge in [0.25, 0.3) is 5.91 Å². The number of aliphatic imine (C=N–C) groups is 2. The third kappa shape index (κ3) is 8.99. The molecule has 0 spiro atoms. The van der Waals surface area contributed by atoms with E-state index < -0.39 is 6.43 Å². The van der Waals surface area contributed by atoms with Gasteiger partial charge in [-0.25, -0.2) is 13.2 Å². The standard InChI is InChI=1S/C22H22N4OS.C6H4ClF.C2H4F2/c1-3-11-28-15(2)21-24-13-18(19-9-10-23-19)20-12-17(14-26(20)21)25-22(27)16-7-5-4-6-8-16;7-5-2-1-3-6(8)4-5;1-2(3)4/h3-11,17H,2,12-14H2,1H3,(H,25,27);1-4H;2H,1H3/b11-3-;;. The maximum Gasteiger partial charge on any atom is 0.251 e. The summed E-state index contributed by atoms with van der Waals surface area (Å²) >= 11 is 6.98. The van der Waals surface area contributed by atoms with Crippen molar-refractivity contribution in [3.63, 3.8) is 0 Å². The Hall–Kier alpha value is -3.56. The van der Waals surface area contributed by atoms with Crippen LogP contribution in [0.15, 0.2) is 111 Å². The second-order valence-electron chi connectivity index (χ2n) is 8.72. The van der Waals surface area contributed by atoms with Gasteiger partial charge in [-0.2, -0.15) is 0 Å². The molecule has 40 heavy (non-hydrogen) atoms. The summed E-state index contributed by atoms with van der Waals surface area (Å²) in [5.41, 5.74) is 4.00. The molecule has 2 aromatic rings. The number of hydrogen-bond donors (Lipinski definition) is 1. The molecular formula is C30H30ClF3N4OS. The van der Waals surface area contributed by atoms with Crippen LogP contribution in [0.2, 0.25) is 5.02 Å². The number of thioether (sulfide) groups is 1. The van der Waals surface area contributed by atoms with E-state index in [9.17, 15) is 18.0 Å². The molecular weight excluding hydrogens is 557 g/mol. The van der Waals surface area contributed by atoms with E-state index >= 15 is 0 Å². The molecule has 2 aromatic carbocycles. The fraction of sp³-hybridized carbons (Fsp3) is 0.233. The molecule has 1 amide bonds. The van der Waals surface area contributed by atoms with E-state index in [2.05, 4.69) is 21.8 Å². The highest BCUT2D eigenvalue weighted by atomic mass is 35.5. The molecule has 1 fully saturated rings. The number of benzene rings is 2. The van der Waals surface area contributed by atoms with E-state index in [1.165, 1.54) is 17.8 Å². The normalized spacial score (nSPS) is 17.2. The predicted octanol–water partition coefficient (Wildman–Crippen LogP) is 7.66. The van der Waals surface area contributed by atoms with E-state index in [-0.39, 0.29) is 17.8 Å². The number of nitrogens with one attached hydrogen (secondary N) is 1. The van der Waals surface area contributed by atoms with Gasteiger partial charge < -0.3 is 10.2 Å². The summed E-state index contributed by atoms with van der Waals surface area (Å²) in [6, 6.07) is 15.2. The van der Waals surface area contributed by atoms with Gasteiger partial charge in [-0.15, -0.1) is 0 Å². The Morgan fingerprint density at radius 1 is 1.23 bits per heavy atom. The van der Waals surface area contributed by atoms with Crippen LogP contribution in [0.5, 0.6) is 0 Å². The van der Waals surface area contributed by atoms with Gasteiger partial charge in [0.1, 0.15) is 11.7 Å².